The fourth-order valence-corrected chi connectivity index (χ4v) is 10.4. The Labute approximate surface area is 237 Å². The molecule has 0 fully saturated rings. The van der Waals surface area contributed by atoms with E-state index in [1.807, 2.05) is 0 Å². The molecule has 0 bridgehead atoms. The van der Waals surface area contributed by atoms with Crippen LogP contribution in [0.1, 0.15) is 53.5 Å². The van der Waals surface area contributed by atoms with Crippen LogP contribution < -0.4 is 24.8 Å². The van der Waals surface area contributed by atoms with Gasteiger partial charge in [0, 0.05) is 11.5 Å². The number of fused-ring (bicyclic) bond motifs is 4. The smallest absolute Gasteiger partial charge is 1.00 e. The molecule has 174 valence electrons. The average Bonchev–Trinajstić information content (AvgIpc) is 3.35. The minimum Gasteiger partial charge on any atom is -1.00 e. The van der Waals surface area contributed by atoms with E-state index in [0.29, 0.717) is 17.4 Å². The third-order valence-corrected chi connectivity index (χ3v) is 11.8. The normalized spacial score (nSPS) is 16.6. The van der Waals surface area contributed by atoms with E-state index in [2.05, 4.69) is 112 Å². The van der Waals surface area contributed by atoms with Gasteiger partial charge < -0.3 is 24.8 Å². The second-order valence-corrected chi connectivity index (χ2v) is 14.3. The molecule has 0 N–H and O–H groups in total. The molecule has 0 amide bonds. The number of benzene rings is 3. The van der Waals surface area contributed by atoms with Gasteiger partial charge in [0.25, 0.3) is 0 Å². The van der Waals surface area contributed by atoms with Crippen LogP contribution in [0, 0.1) is 5.92 Å². The van der Waals surface area contributed by atoms with Gasteiger partial charge in [-0.2, -0.15) is 0 Å². The first-order valence-corrected chi connectivity index (χ1v) is 14.8. The Hall–Kier alpha value is -1.18. The van der Waals surface area contributed by atoms with Gasteiger partial charge in [-0.3, -0.25) is 0 Å². The Bertz CT molecular complexity index is 1140. The van der Waals surface area contributed by atoms with Crippen LogP contribution in [-0.2, 0) is 26.2 Å². The molecule has 3 aromatic carbocycles. The number of hydrogen-bond donors (Lipinski definition) is 0. The summed E-state index contributed by atoms with van der Waals surface area (Å²) in [5, 5.41) is 1.72. The largest absolute Gasteiger partial charge is 2.00 e. The summed E-state index contributed by atoms with van der Waals surface area (Å²) in [7, 11) is -1.88. The van der Waals surface area contributed by atoms with Gasteiger partial charge in [0.05, 0.1) is 8.07 Å². The Kier molecular flexibility index (Phi) is 10.0. The van der Waals surface area contributed by atoms with Gasteiger partial charge >= 0.3 is 26.2 Å². The maximum Gasteiger partial charge on any atom is 2.00 e. The second kappa shape index (κ2) is 11.7. The Morgan fingerprint density at radius 1 is 0.824 bits per heavy atom. The predicted molar refractivity (Wildman–Crippen MR) is 137 cm³/mol. The van der Waals surface area contributed by atoms with Crippen molar-refractivity contribution in [3.63, 3.8) is 0 Å². The fraction of sp³-hybridized carbons (Fsp3) is 0.267. The molecule has 0 radical (unpaired) electrons. The molecule has 3 aromatic rings. The first kappa shape index (κ1) is 29.1. The van der Waals surface area contributed by atoms with E-state index in [0.717, 1.165) is 6.42 Å². The Morgan fingerprint density at radius 2 is 1.32 bits per heavy atom. The first-order chi connectivity index (χ1) is 15.1. The van der Waals surface area contributed by atoms with Gasteiger partial charge in [-0.05, 0) is 45.7 Å². The Morgan fingerprint density at radius 3 is 1.85 bits per heavy atom. The summed E-state index contributed by atoms with van der Waals surface area (Å²) in [6, 6.07) is 27.3. The molecule has 2 aliphatic rings. The van der Waals surface area contributed by atoms with E-state index in [4.69, 9.17) is 0 Å². The minimum absolute atomic E-state index is 0. The topological polar surface area (TPSA) is 0 Å². The molecule has 0 nitrogen and oxygen atoms in total. The third-order valence-electron chi connectivity index (χ3n) is 7.74. The number of allylic oxidation sites excluding steroid dienone is 2. The zero-order chi connectivity index (χ0) is 21.6. The first-order valence-electron chi connectivity index (χ1n) is 11.7. The van der Waals surface area contributed by atoms with Crippen LogP contribution in [0.3, 0.4) is 0 Å². The van der Waals surface area contributed by atoms with Crippen LogP contribution in [-0.4, -0.2) is 8.07 Å². The Balaban J connectivity index is 0.00000136. The van der Waals surface area contributed by atoms with Crippen molar-refractivity contribution in [1.29, 1.82) is 0 Å². The van der Waals surface area contributed by atoms with Gasteiger partial charge in [-0.1, -0.05) is 117 Å². The molecule has 2 atom stereocenters. The van der Waals surface area contributed by atoms with Gasteiger partial charge in [-0.15, -0.1) is 6.58 Å². The third kappa shape index (κ3) is 4.64. The van der Waals surface area contributed by atoms with Gasteiger partial charge in [0.1, 0.15) is 0 Å². The van der Waals surface area contributed by atoms with Crippen molar-refractivity contribution in [1.82, 2.24) is 0 Å². The van der Waals surface area contributed by atoms with Gasteiger partial charge in [0.2, 0.25) is 0 Å². The second-order valence-electron chi connectivity index (χ2n) is 9.73. The zero-order valence-electron chi connectivity index (χ0n) is 20.2. The van der Waals surface area contributed by atoms with Crippen LogP contribution in [0.5, 0.6) is 0 Å². The van der Waals surface area contributed by atoms with Crippen LogP contribution in [0.4, 0.5) is 0 Å². The standard InChI is InChI=1S/C30H32Si.2ClH.Zr/c1-5-13-21(6-2)29-23-15-8-7-14-22(23)20-28(29)31(3,4)30-26-18-11-9-16-24(26)25-17-10-12-19-27(25)30;;;/h5,7-12,14-21,29-30H,1,6,13H2,2-4H3;2*1H;/q;;;+2/p-2. The zero-order valence-corrected chi connectivity index (χ0v) is 25.2. The van der Waals surface area contributed by atoms with E-state index in [1.165, 1.54) is 39.8 Å². The van der Waals surface area contributed by atoms with E-state index in [1.54, 1.807) is 5.20 Å². The summed E-state index contributed by atoms with van der Waals surface area (Å²) in [4.78, 5) is 0. The van der Waals surface area contributed by atoms with Crippen LogP contribution >= 0.6 is 0 Å². The van der Waals surface area contributed by atoms with Crippen molar-refractivity contribution >= 4 is 14.1 Å². The quantitative estimate of drug-likeness (QED) is 0.310. The molecule has 0 saturated carbocycles. The maximum atomic E-state index is 4.09. The fourth-order valence-electron chi connectivity index (χ4n) is 6.30. The molecule has 4 heteroatoms. The van der Waals surface area contributed by atoms with Crippen molar-refractivity contribution in [3.05, 3.63) is 113 Å². The van der Waals surface area contributed by atoms with Gasteiger partial charge in [-0.25, -0.2) is 0 Å². The minimum atomic E-state index is -1.88. The molecule has 34 heavy (non-hydrogen) atoms. The molecule has 2 unspecified atom stereocenters. The summed E-state index contributed by atoms with van der Waals surface area (Å²) in [5.74, 6) is 1.13. The van der Waals surface area contributed by atoms with E-state index in [9.17, 15) is 0 Å². The molecule has 0 aliphatic heterocycles. The van der Waals surface area contributed by atoms with Crippen LogP contribution in [0.2, 0.25) is 13.1 Å². The van der Waals surface area contributed by atoms with Crippen molar-refractivity contribution in [2.45, 2.75) is 44.3 Å². The summed E-state index contributed by atoms with van der Waals surface area (Å²) < 4.78 is 0. The molecule has 5 rings (SSSR count). The molecule has 0 heterocycles. The maximum absolute atomic E-state index is 4.09. The summed E-state index contributed by atoms with van der Waals surface area (Å²) in [6.07, 6.45) is 6.96. The molecule has 0 aromatic heterocycles. The van der Waals surface area contributed by atoms with Crippen molar-refractivity contribution in [3.8, 4) is 11.1 Å². The van der Waals surface area contributed by atoms with E-state index in [-0.39, 0.29) is 51.0 Å². The van der Waals surface area contributed by atoms with Crippen molar-refractivity contribution in [2.24, 2.45) is 5.92 Å². The van der Waals surface area contributed by atoms with Crippen LogP contribution in [0.15, 0.2) is 90.6 Å². The van der Waals surface area contributed by atoms with E-state index < -0.39 is 8.07 Å². The number of halogens is 2. The molecule has 2 aliphatic carbocycles. The molecule has 0 saturated heterocycles. The van der Waals surface area contributed by atoms with E-state index >= 15 is 0 Å². The van der Waals surface area contributed by atoms with Crippen molar-refractivity contribution in [2.75, 3.05) is 0 Å². The SMILES string of the molecule is C=CCC(CC)C1C([Si](C)(C)C2c3ccccc3-c3ccccc32)=Cc2ccccc21.[Cl-].[Cl-].[Zr+2]. The average molecular weight is 583 g/mol. The number of hydrogen-bond acceptors (Lipinski definition) is 0. The van der Waals surface area contributed by atoms with Crippen molar-refractivity contribution < 1.29 is 51.0 Å². The number of rotatable bonds is 6. The predicted octanol–water partition coefficient (Wildman–Crippen LogP) is 2.37. The summed E-state index contributed by atoms with van der Waals surface area (Å²) in [5.41, 5.74) is 9.42. The molecular formula is C30H32Cl2SiZr. The van der Waals surface area contributed by atoms with Crippen LogP contribution in [0.25, 0.3) is 17.2 Å². The monoisotopic (exact) mass is 580 g/mol. The van der Waals surface area contributed by atoms with Gasteiger partial charge in [0.15, 0.2) is 0 Å². The molecular weight excluding hydrogens is 551 g/mol. The molecule has 0 spiro atoms. The summed E-state index contributed by atoms with van der Waals surface area (Å²) in [6.45, 7) is 11.7. The summed E-state index contributed by atoms with van der Waals surface area (Å²) >= 11 is 0.